The summed E-state index contributed by atoms with van der Waals surface area (Å²) in [5.41, 5.74) is 0. The van der Waals surface area contributed by atoms with Gasteiger partial charge in [-0.25, -0.2) is 0 Å². The van der Waals surface area contributed by atoms with Crippen molar-refractivity contribution in [2.45, 2.75) is 44.4 Å². The molecule has 108 valence electrons. The van der Waals surface area contributed by atoms with E-state index in [2.05, 4.69) is 0 Å². The van der Waals surface area contributed by atoms with Gasteiger partial charge >= 0.3 is 6.18 Å². The van der Waals surface area contributed by atoms with Crippen molar-refractivity contribution in [3.8, 4) is 0 Å². The maximum absolute atomic E-state index is 12.3. The molecule has 1 aliphatic carbocycles. The quantitative estimate of drug-likeness (QED) is 0.740. The van der Waals surface area contributed by atoms with Crippen molar-refractivity contribution in [2.75, 3.05) is 26.2 Å². The highest BCUT2D eigenvalue weighted by Crippen LogP contribution is 2.28. The number of aliphatic hydroxyl groups excluding tert-OH is 2. The smallest absolute Gasteiger partial charge is 0.395 e. The number of halogens is 3. The van der Waals surface area contributed by atoms with E-state index in [1.807, 2.05) is 0 Å². The largest absolute Gasteiger partial charge is 0.401 e. The van der Waals surface area contributed by atoms with Gasteiger partial charge in [-0.2, -0.15) is 13.2 Å². The minimum absolute atomic E-state index is 0.0173. The summed E-state index contributed by atoms with van der Waals surface area (Å²) < 4.78 is 36.8. The first-order chi connectivity index (χ1) is 8.40. The fourth-order valence-corrected chi connectivity index (χ4v) is 2.63. The summed E-state index contributed by atoms with van der Waals surface area (Å²) in [6, 6.07) is 0. The second-order valence-electron chi connectivity index (χ2n) is 5.11. The Morgan fingerprint density at radius 1 is 1.22 bits per heavy atom. The van der Waals surface area contributed by atoms with E-state index in [1.54, 1.807) is 0 Å². The number of hydrogen-bond donors (Lipinski definition) is 2. The monoisotopic (exact) mass is 269 g/mol. The van der Waals surface area contributed by atoms with Gasteiger partial charge < -0.3 is 10.2 Å². The molecule has 0 radical (unpaired) electrons. The molecule has 1 unspecified atom stereocenters. The third-order valence-electron chi connectivity index (χ3n) is 3.37. The van der Waals surface area contributed by atoms with Crippen LogP contribution in [0.1, 0.15) is 32.1 Å². The molecule has 1 rings (SSSR count). The number of alkyl halides is 3. The summed E-state index contributed by atoms with van der Waals surface area (Å²) in [6.07, 6.45) is -0.0167. The number of aliphatic hydroxyl groups is 2. The molecule has 0 bridgehead atoms. The third kappa shape index (κ3) is 6.56. The van der Waals surface area contributed by atoms with Crippen LogP contribution in [0, 0.1) is 5.92 Å². The predicted molar refractivity (Wildman–Crippen MR) is 62.2 cm³/mol. The molecular formula is C12H22F3NO2. The molecule has 2 N–H and O–H groups in total. The maximum atomic E-state index is 12.3. The van der Waals surface area contributed by atoms with Crippen LogP contribution >= 0.6 is 0 Å². The Labute approximate surface area is 106 Å². The number of nitrogens with zero attached hydrogens (tertiary/aromatic N) is 1. The van der Waals surface area contributed by atoms with Crippen LogP contribution in [0.25, 0.3) is 0 Å². The Balaban J connectivity index is 2.33. The fourth-order valence-electron chi connectivity index (χ4n) is 2.63. The van der Waals surface area contributed by atoms with Crippen LogP contribution in [-0.2, 0) is 0 Å². The van der Waals surface area contributed by atoms with Crippen LogP contribution in [0.15, 0.2) is 0 Å². The van der Waals surface area contributed by atoms with E-state index >= 15 is 0 Å². The van der Waals surface area contributed by atoms with Gasteiger partial charge in [0.2, 0.25) is 0 Å². The van der Waals surface area contributed by atoms with Gasteiger partial charge in [0.05, 0.1) is 19.3 Å². The molecule has 0 aliphatic heterocycles. The lowest BCUT2D eigenvalue weighted by Gasteiger charge is -2.26. The molecule has 0 aromatic rings. The predicted octanol–water partition coefficient (Wildman–Crippen LogP) is 1.78. The molecule has 1 fully saturated rings. The highest BCUT2D eigenvalue weighted by Gasteiger charge is 2.31. The number of rotatable bonds is 7. The van der Waals surface area contributed by atoms with Crippen molar-refractivity contribution in [3.05, 3.63) is 0 Å². The van der Waals surface area contributed by atoms with E-state index in [0.29, 0.717) is 12.3 Å². The SMILES string of the molecule is OCCN(CC(O)CC1CCCC1)CC(F)(F)F. The standard InChI is InChI=1S/C12H22F3NO2/c13-12(14,15)9-16(5-6-17)8-11(18)7-10-3-1-2-4-10/h10-11,17-18H,1-9H2. The van der Waals surface area contributed by atoms with Crippen LogP contribution in [-0.4, -0.2) is 53.6 Å². The molecular weight excluding hydrogens is 247 g/mol. The number of hydrogen-bond acceptors (Lipinski definition) is 3. The van der Waals surface area contributed by atoms with Gasteiger partial charge in [0.25, 0.3) is 0 Å². The zero-order valence-corrected chi connectivity index (χ0v) is 10.5. The minimum Gasteiger partial charge on any atom is -0.395 e. The van der Waals surface area contributed by atoms with Gasteiger partial charge in [-0.15, -0.1) is 0 Å². The first-order valence-corrected chi connectivity index (χ1v) is 6.48. The van der Waals surface area contributed by atoms with Gasteiger partial charge in [0.15, 0.2) is 0 Å². The molecule has 1 atom stereocenters. The topological polar surface area (TPSA) is 43.7 Å². The molecule has 0 amide bonds. The molecule has 0 spiro atoms. The molecule has 1 saturated carbocycles. The highest BCUT2D eigenvalue weighted by atomic mass is 19.4. The molecule has 0 heterocycles. The Hall–Kier alpha value is -0.330. The zero-order chi connectivity index (χ0) is 13.6. The van der Waals surface area contributed by atoms with E-state index < -0.39 is 18.8 Å². The molecule has 18 heavy (non-hydrogen) atoms. The summed E-state index contributed by atoms with van der Waals surface area (Å²) >= 11 is 0. The van der Waals surface area contributed by atoms with Gasteiger partial charge in [-0.1, -0.05) is 25.7 Å². The Morgan fingerprint density at radius 2 is 1.83 bits per heavy atom. The maximum Gasteiger partial charge on any atom is 0.401 e. The molecule has 3 nitrogen and oxygen atoms in total. The summed E-state index contributed by atoms with van der Waals surface area (Å²) in [5, 5.41) is 18.6. The van der Waals surface area contributed by atoms with Crippen LogP contribution in [0.4, 0.5) is 13.2 Å². The summed E-state index contributed by atoms with van der Waals surface area (Å²) in [4.78, 5) is 1.07. The molecule has 0 aromatic heterocycles. The van der Waals surface area contributed by atoms with Crippen molar-refractivity contribution in [3.63, 3.8) is 0 Å². The third-order valence-corrected chi connectivity index (χ3v) is 3.37. The average Bonchev–Trinajstić information content (AvgIpc) is 2.67. The van der Waals surface area contributed by atoms with E-state index in [-0.39, 0.29) is 19.7 Å². The van der Waals surface area contributed by atoms with Crippen molar-refractivity contribution in [1.29, 1.82) is 0 Å². The molecule has 0 aromatic carbocycles. The Bertz CT molecular complexity index is 230. The van der Waals surface area contributed by atoms with Gasteiger partial charge in [-0.3, -0.25) is 4.90 Å². The molecule has 1 aliphatic rings. The van der Waals surface area contributed by atoms with E-state index in [0.717, 1.165) is 30.6 Å². The van der Waals surface area contributed by atoms with Crippen LogP contribution in [0.3, 0.4) is 0 Å². The Morgan fingerprint density at radius 3 is 2.33 bits per heavy atom. The van der Waals surface area contributed by atoms with Gasteiger partial charge in [0.1, 0.15) is 0 Å². The van der Waals surface area contributed by atoms with Crippen molar-refractivity contribution >= 4 is 0 Å². The van der Waals surface area contributed by atoms with E-state index in [4.69, 9.17) is 5.11 Å². The van der Waals surface area contributed by atoms with Crippen LogP contribution < -0.4 is 0 Å². The second-order valence-corrected chi connectivity index (χ2v) is 5.11. The fraction of sp³-hybridized carbons (Fsp3) is 1.00. The van der Waals surface area contributed by atoms with Gasteiger partial charge in [-0.05, 0) is 12.3 Å². The highest BCUT2D eigenvalue weighted by molar-refractivity contribution is 4.74. The normalized spacial score (nSPS) is 19.7. The first kappa shape index (κ1) is 15.7. The second kappa shape index (κ2) is 7.31. The molecule has 6 heteroatoms. The summed E-state index contributed by atoms with van der Waals surface area (Å²) in [5.74, 6) is 0.446. The van der Waals surface area contributed by atoms with Crippen LogP contribution in [0.5, 0.6) is 0 Å². The summed E-state index contributed by atoms with van der Waals surface area (Å²) in [6.45, 7) is -1.47. The van der Waals surface area contributed by atoms with Gasteiger partial charge in [0, 0.05) is 13.1 Å². The van der Waals surface area contributed by atoms with E-state index in [9.17, 15) is 18.3 Å². The zero-order valence-electron chi connectivity index (χ0n) is 10.5. The van der Waals surface area contributed by atoms with Crippen LogP contribution in [0.2, 0.25) is 0 Å². The lowest BCUT2D eigenvalue weighted by atomic mass is 10.00. The van der Waals surface area contributed by atoms with Crippen molar-refractivity contribution in [2.24, 2.45) is 5.92 Å². The lowest BCUT2D eigenvalue weighted by Crippen LogP contribution is -2.41. The summed E-state index contributed by atoms with van der Waals surface area (Å²) in [7, 11) is 0. The molecule has 0 saturated heterocycles. The average molecular weight is 269 g/mol. The lowest BCUT2D eigenvalue weighted by molar-refractivity contribution is -0.149. The Kier molecular flexibility index (Phi) is 6.38. The van der Waals surface area contributed by atoms with Crippen molar-refractivity contribution < 1.29 is 23.4 Å². The van der Waals surface area contributed by atoms with Crippen molar-refractivity contribution in [1.82, 2.24) is 4.90 Å². The first-order valence-electron chi connectivity index (χ1n) is 6.48. The van der Waals surface area contributed by atoms with E-state index in [1.165, 1.54) is 0 Å². The minimum atomic E-state index is -4.29.